The maximum Gasteiger partial charge on any atom is 0.318 e. The highest BCUT2D eigenvalue weighted by Crippen LogP contribution is 2.18. The van der Waals surface area contributed by atoms with Gasteiger partial charge in [0.2, 0.25) is 0 Å². The molecule has 1 heterocycles. The molecule has 0 saturated carbocycles. The summed E-state index contributed by atoms with van der Waals surface area (Å²) in [5.41, 5.74) is 0.940. The summed E-state index contributed by atoms with van der Waals surface area (Å²) in [6, 6.07) is 6.84. The fourth-order valence-corrected chi connectivity index (χ4v) is 4.41. The predicted octanol–water partition coefficient (Wildman–Crippen LogP) is 1.04. The minimum atomic E-state index is -3.05. The molecular weight excluding hydrogens is 332 g/mol. The summed E-state index contributed by atoms with van der Waals surface area (Å²) in [6.45, 7) is 1.10. The average Bonchev–Trinajstić information content (AvgIpc) is 2.93. The molecule has 0 aliphatic carbocycles. The molecule has 8 heteroatoms. The molecule has 0 spiro atoms. The molecule has 1 aromatic rings. The lowest BCUT2D eigenvalue weighted by molar-refractivity contribution is 0.133. The van der Waals surface area contributed by atoms with Crippen LogP contribution in [0.1, 0.15) is 12.0 Å². The maximum absolute atomic E-state index is 12.5. The van der Waals surface area contributed by atoms with Gasteiger partial charge in [-0.3, -0.25) is 0 Å². The number of hydrogen-bond acceptors (Lipinski definition) is 5. The van der Waals surface area contributed by atoms with E-state index in [2.05, 4.69) is 5.32 Å². The van der Waals surface area contributed by atoms with Crippen molar-refractivity contribution in [2.45, 2.75) is 19.0 Å². The second-order valence-corrected chi connectivity index (χ2v) is 7.98. The molecule has 0 radical (unpaired) electrons. The third-order valence-corrected chi connectivity index (χ3v) is 5.80. The van der Waals surface area contributed by atoms with Crippen molar-refractivity contribution in [3.63, 3.8) is 0 Å². The molecule has 2 rings (SSSR count). The van der Waals surface area contributed by atoms with Crippen molar-refractivity contribution in [2.24, 2.45) is 0 Å². The van der Waals surface area contributed by atoms with E-state index in [0.29, 0.717) is 26.1 Å². The van der Waals surface area contributed by atoms with Crippen molar-refractivity contribution < 1.29 is 22.7 Å². The van der Waals surface area contributed by atoms with Gasteiger partial charge in [0, 0.05) is 26.2 Å². The lowest BCUT2D eigenvalue weighted by Gasteiger charge is -2.28. The first kappa shape index (κ1) is 18.5. The van der Waals surface area contributed by atoms with Gasteiger partial charge in [-0.2, -0.15) is 0 Å². The molecule has 1 saturated heterocycles. The second kappa shape index (κ2) is 8.34. The minimum Gasteiger partial charge on any atom is -0.497 e. The number of nitrogens with zero attached hydrogens (tertiary/aromatic N) is 1. The zero-order chi connectivity index (χ0) is 17.6. The zero-order valence-corrected chi connectivity index (χ0v) is 14.8. The van der Waals surface area contributed by atoms with Crippen LogP contribution in [-0.2, 0) is 21.1 Å². The van der Waals surface area contributed by atoms with Crippen LogP contribution < -0.4 is 10.1 Å². The molecular formula is C16H24N2O5S. The molecule has 1 atom stereocenters. The van der Waals surface area contributed by atoms with Crippen LogP contribution in [0, 0.1) is 0 Å². The normalized spacial score (nSPS) is 19.0. The summed E-state index contributed by atoms with van der Waals surface area (Å²) >= 11 is 0. The Balaban J connectivity index is 1.96. The quantitative estimate of drug-likeness (QED) is 0.789. The number of benzene rings is 1. The third-order valence-electron chi connectivity index (χ3n) is 4.05. The standard InChI is InChI=1S/C16H24N2O5S/c1-22-9-8-18(14-7-10-24(20,21)12-14)16(19)17-11-13-3-5-15(23-2)6-4-13/h3-6,14H,7-12H2,1-2H3,(H,17,19). The van der Waals surface area contributed by atoms with Crippen molar-refractivity contribution in [3.05, 3.63) is 29.8 Å². The van der Waals surface area contributed by atoms with Gasteiger partial charge in [-0.15, -0.1) is 0 Å². The first-order chi connectivity index (χ1) is 11.4. The van der Waals surface area contributed by atoms with Crippen LogP contribution in [0.25, 0.3) is 0 Å². The molecule has 134 valence electrons. The Kier molecular flexibility index (Phi) is 6.44. The van der Waals surface area contributed by atoms with Crippen molar-refractivity contribution in [1.82, 2.24) is 10.2 Å². The summed E-state index contributed by atoms with van der Waals surface area (Å²) < 4.78 is 33.5. The van der Waals surface area contributed by atoms with Crippen molar-refractivity contribution in [2.75, 3.05) is 38.9 Å². The number of carbonyl (C=O) groups excluding carboxylic acids is 1. The Hall–Kier alpha value is -1.80. The summed E-state index contributed by atoms with van der Waals surface area (Å²) in [6.07, 6.45) is 0.474. The van der Waals surface area contributed by atoms with E-state index in [1.54, 1.807) is 19.1 Å². The van der Waals surface area contributed by atoms with Gasteiger partial charge in [0.05, 0.1) is 25.2 Å². The molecule has 2 amide bonds. The lowest BCUT2D eigenvalue weighted by atomic mass is 10.2. The number of ether oxygens (including phenoxy) is 2. The Morgan fingerprint density at radius 1 is 1.29 bits per heavy atom. The predicted molar refractivity (Wildman–Crippen MR) is 90.9 cm³/mol. The maximum atomic E-state index is 12.5. The fraction of sp³-hybridized carbons (Fsp3) is 0.562. The highest BCUT2D eigenvalue weighted by Gasteiger charge is 2.34. The van der Waals surface area contributed by atoms with Crippen LogP contribution in [0.15, 0.2) is 24.3 Å². The van der Waals surface area contributed by atoms with Crippen LogP contribution >= 0.6 is 0 Å². The monoisotopic (exact) mass is 356 g/mol. The molecule has 1 fully saturated rings. The average molecular weight is 356 g/mol. The van der Waals surface area contributed by atoms with Crippen molar-refractivity contribution in [3.8, 4) is 5.75 Å². The number of hydrogen-bond donors (Lipinski definition) is 1. The summed E-state index contributed by atoms with van der Waals surface area (Å²) in [5, 5.41) is 2.85. The highest BCUT2D eigenvalue weighted by atomic mass is 32.2. The van der Waals surface area contributed by atoms with Crippen molar-refractivity contribution in [1.29, 1.82) is 0 Å². The summed E-state index contributed by atoms with van der Waals surface area (Å²) in [4.78, 5) is 14.1. The molecule has 0 aromatic heterocycles. The van der Waals surface area contributed by atoms with Crippen molar-refractivity contribution >= 4 is 15.9 Å². The van der Waals surface area contributed by atoms with Gasteiger partial charge in [-0.05, 0) is 24.1 Å². The minimum absolute atomic E-state index is 0.0205. The van der Waals surface area contributed by atoms with Gasteiger partial charge >= 0.3 is 6.03 Å². The Bertz CT molecular complexity index is 645. The zero-order valence-electron chi connectivity index (χ0n) is 14.0. The Labute approximate surface area is 142 Å². The van der Waals surface area contributed by atoms with Gasteiger partial charge in [0.25, 0.3) is 0 Å². The summed E-state index contributed by atoms with van der Waals surface area (Å²) in [5.74, 6) is 0.905. The largest absolute Gasteiger partial charge is 0.497 e. The number of urea groups is 1. The molecule has 1 aliphatic rings. The first-order valence-electron chi connectivity index (χ1n) is 7.82. The Morgan fingerprint density at radius 3 is 2.54 bits per heavy atom. The van der Waals surface area contributed by atoms with E-state index < -0.39 is 9.84 Å². The van der Waals surface area contributed by atoms with E-state index in [1.165, 1.54) is 0 Å². The first-order valence-corrected chi connectivity index (χ1v) is 9.64. The number of carbonyl (C=O) groups is 1. The SMILES string of the molecule is COCCN(C(=O)NCc1ccc(OC)cc1)C1CCS(=O)(=O)C1. The Morgan fingerprint density at radius 2 is 2.00 bits per heavy atom. The van der Waals surface area contributed by atoms with E-state index in [4.69, 9.17) is 9.47 Å². The van der Waals surface area contributed by atoms with E-state index in [0.717, 1.165) is 11.3 Å². The number of amides is 2. The van der Waals surface area contributed by atoms with Gasteiger partial charge in [0.15, 0.2) is 9.84 Å². The van der Waals surface area contributed by atoms with Gasteiger partial charge in [0.1, 0.15) is 5.75 Å². The van der Waals surface area contributed by atoms with Gasteiger partial charge in [-0.25, -0.2) is 13.2 Å². The van der Waals surface area contributed by atoms with Crippen LogP contribution in [0.3, 0.4) is 0 Å². The smallest absolute Gasteiger partial charge is 0.318 e. The number of nitrogens with one attached hydrogen (secondary N) is 1. The molecule has 1 unspecified atom stereocenters. The molecule has 0 bridgehead atoms. The van der Waals surface area contributed by atoms with Crippen LogP contribution in [0.4, 0.5) is 4.79 Å². The third kappa shape index (κ3) is 5.10. The summed E-state index contributed by atoms with van der Waals surface area (Å²) in [7, 11) is 0.102. The van der Waals surface area contributed by atoms with Crippen LogP contribution in [0.2, 0.25) is 0 Å². The van der Waals surface area contributed by atoms with Gasteiger partial charge in [-0.1, -0.05) is 12.1 Å². The molecule has 1 N–H and O–H groups in total. The van der Waals surface area contributed by atoms with Crippen LogP contribution in [-0.4, -0.2) is 64.3 Å². The van der Waals surface area contributed by atoms with E-state index in [9.17, 15) is 13.2 Å². The number of methoxy groups -OCH3 is 2. The number of sulfone groups is 1. The second-order valence-electron chi connectivity index (χ2n) is 5.75. The van der Waals surface area contributed by atoms with E-state index in [1.807, 2.05) is 24.3 Å². The van der Waals surface area contributed by atoms with E-state index >= 15 is 0 Å². The van der Waals surface area contributed by atoms with Gasteiger partial charge < -0.3 is 19.7 Å². The highest BCUT2D eigenvalue weighted by molar-refractivity contribution is 7.91. The topological polar surface area (TPSA) is 84.9 Å². The van der Waals surface area contributed by atoms with E-state index in [-0.39, 0.29) is 23.6 Å². The molecule has 7 nitrogen and oxygen atoms in total. The van der Waals surface area contributed by atoms with Crippen LogP contribution in [0.5, 0.6) is 5.75 Å². The number of rotatable bonds is 7. The molecule has 24 heavy (non-hydrogen) atoms. The fourth-order valence-electron chi connectivity index (χ4n) is 2.68. The lowest BCUT2D eigenvalue weighted by Crippen LogP contribution is -2.48. The molecule has 1 aliphatic heterocycles. The molecule has 1 aromatic carbocycles.